The first-order valence-electron chi connectivity index (χ1n) is 8.11. The van der Waals surface area contributed by atoms with E-state index in [4.69, 9.17) is 5.73 Å². The summed E-state index contributed by atoms with van der Waals surface area (Å²) < 4.78 is 0. The van der Waals surface area contributed by atoms with Crippen LogP contribution in [0.1, 0.15) is 47.0 Å². The topological polar surface area (TPSA) is 49.6 Å². The van der Waals surface area contributed by atoms with Gasteiger partial charge in [0.1, 0.15) is 0 Å². The van der Waals surface area contributed by atoms with Crippen molar-refractivity contribution < 1.29 is 4.79 Å². The van der Waals surface area contributed by atoms with Gasteiger partial charge in [-0.05, 0) is 45.6 Å². The Morgan fingerprint density at radius 2 is 1.85 bits per heavy atom. The summed E-state index contributed by atoms with van der Waals surface area (Å²) in [6.45, 7) is 11.5. The summed E-state index contributed by atoms with van der Waals surface area (Å²) in [7, 11) is 2.18. The molecular weight excluding hydrogens is 250 g/mol. The van der Waals surface area contributed by atoms with Gasteiger partial charge in [0.25, 0.3) is 0 Å². The number of likely N-dealkylation sites (tertiary alicyclic amines) is 1. The smallest absolute Gasteiger partial charge is 0.239 e. The molecule has 0 bridgehead atoms. The van der Waals surface area contributed by atoms with Crippen molar-refractivity contribution in [1.82, 2.24) is 9.80 Å². The molecule has 1 fully saturated rings. The van der Waals surface area contributed by atoms with Crippen LogP contribution in [0.4, 0.5) is 0 Å². The minimum absolute atomic E-state index is 0.148. The van der Waals surface area contributed by atoms with E-state index in [0.29, 0.717) is 12.0 Å². The van der Waals surface area contributed by atoms with E-state index in [0.717, 1.165) is 38.9 Å². The van der Waals surface area contributed by atoms with Crippen LogP contribution in [0.2, 0.25) is 0 Å². The van der Waals surface area contributed by atoms with Crippen molar-refractivity contribution in [3.8, 4) is 0 Å². The van der Waals surface area contributed by atoms with E-state index < -0.39 is 0 Å². The van der Waals surface area contributed by atoms with E-state index in [1.54, 1.807) is 0 Å². The van der Waals surface area contributed by atoms with Gasteiger partial charge < -0.3 is 15.5 Å². The molecule has 0 radical (unpaired) electrons. The second kappa shape index (κ2) is 7.99. The first-order valence-corrected chi connectivity index (χ1v) is 8.11. The molecule has 4 heteroatoms. The molecule has 0 aromatic heterocycles. The molecule has 1 rings (SSSR count). The lowest BCUT2D eigenvalue weighted by atomic mass is 9.93. The molecule has 0 aliphatic carbocycles. The van der Waals surface area contributed by atoms with Gasteiger partial charge in [-0.15, -0.1) is 0 Å². The van der Waals surface area contributed by atoms with Crippen LogP contribution >= 0.6 is 0 Å². The van der Waals surface area contributed by atoms with Crippen molar-refractivity contribution in [3.05, 3.63) is 0 Å². The third kappa shape index (κ3) is 4.74. The quantitative estimate of drug-likeness (QED) is 0.810. The molecule has 1 heterocycles. The van der Waals surface area contributed by atoms with Crippen molar-refractivity contribution in [2.75, 3.05) is 26.7 Å². The highest BCUT2D eigenvalue weighted by molar-refractivity contribution is 5.82. The molecule has 118 valence electrons. The third-order valence-electron chi connectivity index (χ3n) is 4.90. The molecule has 4 nitrogen and oxygen atoms in total. The summed E-state index contributed by atoms with van der Waals surface area (Å²) in [6, 6.07) is 0.267. The van der Waals surface area contributed by atoms with Crippen molar-refractivity contribution in [2.24, 2.45) is 17.6 Å². The number of hydrogen-bond acceptors (Lipinski definition) is 3. The minimum atomic E-state index is -0.324. The molecule has 1 aliphatic heterocycles. The Morgan fingerprint density at radius 1 is 1.30 bits per heavy atom. The van der Waals surface area contributed by atoms with Gasteiger partial charge in [-0.25, -0.2) is 0 Å². The van der Waals surface area contributed by atoms with E-state index >= 15 is 0 Å². The third-order valence-corrected chi connectivity index (χ3v) is 4.90. The molecule has 1 unspecified atom stereocenters. The van der Waals surface area contributed by atoms with Crippen LogP contribution in [0, 0.1) is 11.8 Å². The Labute approximate surface area is 124 Å². The number of hydrogen-bond donors (Lipinski definition) is 1. The Morgan fingerprint density at radius 3 is 2.30 bits per heavy atom. The molecular formula is C16H33N3O. The molecule has 0 aromatic carbocycles. The zero-order valence-electron chi connectivity index (χ0n) is 13.9. The number of carbonyl (C=O) groups is 1. The number of nitrogens with zero attached hydrogens (tertiary/aromatic N) is 2. The Bertz CT molecular complexity index is 298. The van der Waals surface area contributed by atoms with Crippen molar-refractivity contribution in [2.45, 2.75) is 59.0 Å². The molecule has 2 atom stereocenters. The fourth-order valence-electron chi connectivity index (χ4n) is 2.66. The Hall–Kier alpha value is -0.610. The zero-order valence-corrected chi connectivity index (χ0v) is 13.9. The fourth-order valence-corrected chi connectivity index (χ4v) is 2.66. The molecule has 0 aromatic rings. The highest BCUT2D eigenvalue weighted by Crippen LogP contribution is 2.20. The van der Waals surface area contributed by atoms with Gasteiger partial charge in [0.05, 0.1) is 6.04 Å². The Balaban J connectivity index is 2.40. The van der Waals surface area contributed by atoms with Gasteiger partial charge in [-0.1, -0.05) is 20.3 Å². The lowest BCUT2D eigenvalue weighted by Crippen LogP contribution is -2.50. The summed E-state index contributed by atoms with van der Waals surface area (Å²) >= 11 is 0. The molecule has 0 spiro atoms. The average molecular weight is 283 g/mol. The van der Waals surface area contributed by atoms with Crippen LogP contribution in [-0.4, -0.2) is 54.5 Å². The van der Waals surface area contributed by atoms with E-state index in [9.17, 15) is 4.79 Å². The molecule has 2 N–H and O–H groups in total. The van der Waals surface area contributed by atoms with Crippen LogP contribution in [-0.2, 0) is 4.79 Å². The maximum Gasteiger partial charge on any atom is 0.239 e. The number of rotatable bonds is 6. The van der Waals surface area contributed by atoms with Gasteiger partial charge in [0.2, 0.25) is 5.91 Å². The summed E-state index contributed by atoms with van der Waals surface area (Å²) in [5.41, 5.74) is 6.06. The second-order valence-electron chi connectivity index (χ2n) is 6.71. The monoisotopic (exact) mass is 283 g/mol. The summed E-state index contributed by atoms with van der Waals surface area (Å²) in [5.74, 6) is 1.13. The number of carbonyl (C=O) groups excluding carboxylic acids is 1. The first kappa shape index (κ1) is 17.4. The summed E-state index contributed by atoms with van der Waals surface area (Å²) in [5, 5.41) is 0. The summed E-state index contributed by atoms with van der Waals surface area (Å²) in [6.07, 6.45) is 3.18. The van der Waals surface area contributed by atoms with Crippen molar-refractivity contribution in [3.63, 3.8) is 0 Å². The lowest BCUT2D eigenvalue weighted by Gasteiger charge is -2.36. The number of amides is 1. The van der Waals surface area contributed by atoms with E-state index in [1.807, 2.05) is 4.90 Å². The average Bonchev–Trinajstić information content (AvgIpc) is 2.45. The standard InChI is InChI=1S/C16H33N3O/c1-6-13(4)15(17)16(20)19-9-7-14(8-10-19)11-18(5)12(2)3/h12-15H,6-11,17H2,1-5H3/t13?,15-/m0/s1. The van der Waals surface area contributed by atoms with Gasteiger partial charge >= 0.3 is 0 Å². The second-order valence-corrected chi connectivity index (χ2v) is 6.71. The largest absolute Gasteiger partial charge is 0.341 e. The molecule has 1 aliphatic rings. The minimum Gasteiger partial charge on any atom is -0.341 e. The first-order chi connectivity index (χ1) is 9.36. The number of piperidine rings is 1. The van der Waals surface area contributed by atoms with Gasteiger partial charge in [-0.2, -0.15) is 0 Å². The molecule has 1 saturated heterocycles. The highest BCUT2D eigenvalue weighted by Gasteiger charge is 2.28. The van der Waals surface area contributed by atoms with Crippen LogP contribution in [0.15, 0.2) is 0 Å². The van der Waals surface area contributed by atoms with Gasteiger partial charge in [0.15, 0.2) is 0 Å². The van der Waals surface area contributed by atoms with Crippen LogP contribution in [0.25, 0.3) is 0 Å². The van der Waals surface area contributed by atoms with E-state index in [1.165, 1.54) is 0 Å². The van der Waals surface area contributed by atoms with Crippen molar-refractivity contribution >= 4 is 5.91 Å². The van der Waals surface area contributed by atoms with E-state index in [-0.39, 0.29) is 17.9 Å². The Kier molecular flexibility index (Phi) is 6.96. The predicted molar refractivity (Wildman–Crippen MR) is 84.5 cm³/mol. The molecule has 0 saturated carbocycles. The number of nitrogens with two attached hydrogens (primary N) is 1. The van der Waals surface area contributed by atoms with Gasteiger partial charge in [0, 0.05) is 25.7 Å². The van der Waals surface area contributed by atoms with Gasteiger partial charge in [-0.3, -0.25) is 4.79 Å². The predicted octanol–water partition coefficient (Wildman–Crippen LogP) is 1.94. The van der Waals surface area contributed by atoms with Crippen molar-refractivity contribution in [1.29, 1.82) is 0 Å². The highest BCUT2D eigenvalue weighted by atomic mass is 16.2. The SMILES string of the molecule is CCC(C)[C@H](N)C(=O)N1CCC(CN(C)C(C)C)CC1. The van der Waals surface area contributed by atoms with Crippen LogP contribution in [0.5, 0.6) is 0 Å². The van der Waals surface area contributed by atoms with E-state index in [2.05, 4.69) is 39.6 Å². The maximum absolute atomic E-state index is 12.3. The molecule has 20 heavy (non-hydrogen) atoms. The maximum atomic E-state index is 12.3. The fraction of sp³-hybridized carbons (Fsp3) is 0.938. The lowest BCUT2D eigenvalue weighted by molar-refractivity contribution is -0.135. The zero-order chi connectivity index (χ0) is 15.3. The van der Waals surface area contributed by atoms with Crippen LogP contribution < -0.4 is 5.73 Å². The normalized spacial score (nSPS) is 20.5. The molecule has 1 amide bonds. The van der Waals surface area contributed by atoms with Crippen LogP contribution in [0.3, 0.4) is 0 Å². The summed E-state index contributed by atoms with van der Waals surface area (Å²) in [4.78, 5) is 16.7.